The van der Waals surface area contributed by atoms with Crippen molar-refractivity contribution in [1.82, 2.24) is 5.32 Å². The molecule has 1 saturated carbocycles. The number of carbonyl (C=O) groups is 1. The van der Waals surface area contributed by atoms with Crippen molar-refractivity contribution >= 4 is 17.7 Å². The van der Waals surface area contributed by atoms with Gasteiger partial charge in [-0.15, -0.1) is 0 Å². The summed E-state index contributed by atoms with van der Waals surface area (Å²) in [6.07, 6.45) is 3.24. The van der Waals surface area contributed by atoms with Crippen LogP contribution in [0, 0.1) is 5.41 Å². The van der Waals surface area contributed by atoms with Gasteiger partial charge in [0.25, 0.3) is 0 Å². The molecule has 0 bridgehead atoms. The maximum atomic E-state index is 10.8. The average Bonchev–Trinajstić information content (AvgIpc) is 3.02. The quantitative estimate of drug-likeness (QED) is 0.525. The molecule has 0 aromatic rings. The molecule has 0 spiro atoms. The Hall–Kier alpha value is -0.220. The minimum Gasteiger partial charge on any atom is -0.469 e. The van der Waals surface area contributed by atoms with Crippen molar-refractivity contribution in [3.8, 4) is 0 Å². The van der Waals surface area contributed by atoms with Gasteiger partial charge >= 0.3 is 5.97 Å². The number of ether oxygens (including phenoxy) is 1. The summed E-state index contributed by atoms with van der Waals surface area (Å²) in [5.41, 5.74) is 0.552. The Morgan fingerprint density at radius 3 is 2.75 bits per heavy atom. The van der Waals surface area contributed by atoms with Gasteiger partial charge in [0.05, 0.1) is 13.5 Å². The van der Waals surface area contributed by atoms with E-state index in [-0.39, 0.29) is 5.97 Å². The lowest BCUT2D eigenvalue weighted by Crippen LogP contribution is -2.34. The first kappa shape index (κ1) is 13.8. The fourth-order valence-electron chi connectivity index (χ4n) is 1.58. The molecule has 1 N–H and O–H groups in total. The molecule has 1 aliphatic carbocycles. The molecule has 1 atom stereocenters. The predicted octanol–water partition coefficient (Wildman–Crippen LogP) is 2.06. The number of nitrogens with one attached hydrogen (secondary N) is 1. The van der Waals surface area contributed by atoms with Gasteiger partial charge in [0.2, 0.25) is 0 Å². The SMILES string of the molecule is COC(=O)CCSCCNC(C)C1(C)CC1. The molecule has 4 heteroatoms. The number of hydrogen-bond acceptors (Lipinski definition) is 4. The van der Waals surface area contributed by atoms with Gasteiger partial charge < -0.3 is 10.1 Å². The first-order chi connectivity index (χ1) is 7.58. The molecule has 16 heavy (non-hydrogen) atoms. The van der Waals surface area contributed by atoms with Crippen molar-refractivity contribution in [2.24, 2.45) is 5.41 Å². The van der Waals surface area contributed by atoms with E-state index in [0.717, 1.165) is 18.1 Å². The highest BCUT2D eigenvalue weighted by Gasteiger charge is 2.41. The maximum absolute atomic E-state index is 10.8. The molecule has 0 aliphatic heterocycles. The van der Waals surface area contributed by atoms with Gasteiger partial charge in [0, 0.05) is 24.1 Å². The van der Waals surface area contributed by atoms with Crippen LogP contribution in [0.4, 0.5) is 0 Å². The standard InChI is InChI=1S/C12H23NO2S/c1-10(12(2)5-6-12)13-7-9-16-8-4-11(14)15-3/h10,13H,4-9H2,1-3H3. The minimum atomic E-state index is -0.112. The Bertz CT molecular complexity index is 229. The fourth-order valence-corrected chi connectivity index (χ4v) is 2.36. The summed E-state index contributed by atoms with van der Waals surface area (Å²) in [6, 6.07) is 0.619. The van der Waals surface area contributed by atoms with Gasteiger partial charge in [0.15, 0.2) is 0 Å². The number of hydrogen-bond donors (Lipinski definition) is 1. The summed E-state index contributed by atoms with van der Waals surface area (Å²) in [5.74, 6) is 1.82. The summed E-state index contributed by atoms with van der Waals surface area (Å²) in [6.45, 7) is 5.64. The third kappa shape index (κ3) is 4.74. The van der Waals surface area contributed by atoms with Crippen molar-refractivity contribution in [2.45, 2.75) is 39.2 Å². The molecule has 1 aliphatic rings. The third-order valence-corrected chi connectivity index (χ3v) is 4.44. The largest absolute Gasteiger partial charge is 0.469 e. The molecule has 0 saturated heterocycles. The molecule has 0 aromatic carbocycles. The average molecular weight is 245 g/mol. The van der Waals surface area contributed by atoms with Crippen LogP contribution in [0.15, 0.2) is 0 Å². The number of esters is 1. The third-order valence-electron chi connectivity index (χ3n) is 3.46. The van der Waals surface area contributed by atoms with Crippen LogP contribution in [-0.4, -0.2) is 37.2 Å². The molecular formula is C12H23NO2S. The highest BCUT2D eigenvalue weighted by molar-refractivity contribution is 7.99. The zero-order chi connectivity index (χ0) is 12.0. The van der Waals surface area contributed by atoms with Crippen LogP contribution in [0.1, 0.15) is 33.1 Å². The summed E-state index contributed by atoms with van der Waals surface area (Å²) in [5, 5.41) is 3.55. The van der Waals surface area contributed by atoms with Gasteiger partial charge in [-0.1, -0.05) is 6.92 Å². The summed E-state index contributed by atoms with van der Waals surface area (Å²) in [4.78, 5) is 10.8. The predicted molar refractivity (Wildman–Crippen MR) is 68.8 cm³/mol. The van der Waals surface area contributed by atoms with Gasteiger partial charge in [-0.25, -0.2) is 0 Å². The molecule has 1 rings (SSSR count). The van der Waals surface area contributed by atoms with Crippen molar-refractivity contribution < 1.29 is 9.53 Å². The van der Waals surface area contributed by atoms with Crippen LogP contribution >= 0.6 is 11.8 Å². The summed E-state index contributed by atoms with van der Waals surface area (Å²) in [7, 11) is 1.44. The Balaban J connectivity index is 1.90. The van der Waals surface area contributed by atoms with Crippen molar-refractivity contribution in [2.75, 3.05) is 25.2 Å². The van der Waals surface area contributed by atoms with E-state index in [1.54, 1.807) is 11.8 Å². The van der Waals surface area contributed by atoms with Crippen molar-refractivity contribution in [1.29, 1.82) is 0 Å². The van der Waals surface area contributed by atoms with E-state index in [4.69, 9.17) is 0 Å². The second-order valence-corrected chi connectivity index (χ2v) is 5.99. The van der Waals surface area contributed by atoms with Crippen LogP contribution in [0.3, 0.4) is 0 Å². The monoisotopic (exact) mass is 245 g/mol. The van der Waals surface area contributed by atoms with E-state index in [9.17, 15) is 4.79 Å². The Morgan fingerprint density at radius 1 is 1.50 bits per heavy atom. The van der Waals surface area contributed by atoms with E-state index in [0.29, 0.717) is 17.9 Å². The Morgan fingerprint density at radius 2 is 2.19 bits per heavy atom. The van der Waals surface area contributed by atoms with E-state index in [2.05, 4.69) is 23.9 Å². The first-order valence-corrected chi connectivity index (χ1v) is 7.12. The van der Waals surface area contributed by atoms with Crippen LogP contribution in [-0.2, 0) is 9.53 Å². The molecule has 0 radical (unpaired) electrons. The molecule has 1 fully saturated rings. The second-order valence-electron chi connectivity index (χ2n) is 4.77. The summed E-state index contributed by atoms with van der Waals surface area (Å²) < 4.78 is 4.58. The normalized spacial score (nSPS) is 19.2. The smallest absolute Gasteiger partial charge is 0.306 e. The maximum Gasteiger partial charge on any atom is 0.306 e. The van der Waals surface area contributed by atoms with Crippen LogP contribution < -0.4 is 5.32 Å². The minimum absolute atomic E-state index is 0.112. The lowest BCUT2D eigenvalue weighted by molar-refractivity contribution is -0.140. The van der Waals surface area contributed by atoms with E-state index >= 15 is 0 Å². The van der Waals surface area contributed by atoms with Crippen LogP contribution in [0.5, 0.6) is 0 Å². The molecule has 94 valence electrons. The number of carbonyl (C=O) groups excluding carboxylic acids is 1. The zero-order valence-electron chi connectivity index (χ0n) is 10.5. The van der Waals surface area contributed by atoms with E-state index < -0.39 is 0 Å². The van der Waals surface area contributed by atoms with Crippen LogP contribution in [0.25, 0.3) is 0 Å². The Labute approximate surface area is 103 Å². The number of methoxy groups -OCH3 is 1. The molecule has 0 amide bonds. The lowest BCUT2D eigenvalue weighted by Gasteiger charge is -2.20. The van der Waals surface area contributed by atoms with Crippen molar-refractivity contribution in [3.05, 3.63) is 0 Å². The number of thioether (sulfide) groups is 1. The molecule has 0 aromatic heterocycles. The number of rotatable bonds is 8. The Kier molecular flexibility index (Phi) is 5.62. The summed E-state index contributed by atoms with van der Waals surface area (Å²) >= 11 is 1.81. The highest BCUT2D eigenvalue weighted by atomic mass is 32.2. The highest BCUT2D eigenvalue weighted by Crippen LogP contribution is 2.47. The van der Waals surface area contributed by atoms with Gasteiger partial charge in [-0.3, -0.25) is 4.79 Å². The molecule has 0 heterocycles. The van der Waals surface area contributed by atoms with Gasteiger partial charge in [-0.05, 0) is 25.2 Å². The zero-order valence-corrected chi connectivity index (χ0v) is 11.4. The molecule has 3 nitrogen and oxygen atoms in total. The second kappa shape index (κ2) is 6.50. The first-order valence-electron chi connectivity index (χ1n) is 5.96. The van der Waals surface area contributed by atoms with Crippen molar-refractivity contribution in [3.63, 3.8) is 0 Å². The fraction of sp³-hybridized carbons (Fsp3) is 0.917. The lowest BCUT2D eigenvalue weighted by atomic mass is 10.0. The van der Waals surface area contributed by atoms with E-state index in [1.165, 1.54) is 20.0 Å². The van der Waals surface area contributed by atoms with E-state index in [1.807, 2.05) is 0 Å². The van der Waals surface area contributed by atoms with Gasteiger partial charge in [0.1, 0.15) is 0 Å². The van der Waals surface area contributed by atoms with Crippen LogP contribution in [0.2, 0.25) is 0 Å². The van der Waals surface area contributed by atoms with Gasteiger partial charge in [-0.2, -0.15) is 11.8 Å². The molecular weight excluding hydrogens is 222 g/mol. The molecule has 1 unspecified atom stereocenters. The topological polar surface area (TPSA) is 38.3 Å².